The van der Waals surface area contributed by atoms with Crippen molar-refractivity contribution in [2.45, 2.75) is 4.90 Å². The largest absolute Gasteiger partial charge is 0.492 e. The SMILES string of the molecule is COc1cc([N+](=O)[O-])c(S(=O)(=O)O)cc1-[n+]1nc(C(=O)Nc2ccccc2)n[nH]1. The van der Waals surface area contributed by atoms with Gasteiger partial charge in [0, 0.05) is 11.8 Å². The van der Waals surface area contributed by atoms with E-state index >= 15 is 0 Å². The summed E-state index contributed by atoms with van der Waals surface area (Å²) in [6.45, 7) is 0. The van der Waals surface area contributed by atoms with Gasteiger partial charge in [-0.3, -0.25) is 19.5 Å². The van der Waals surface area contributed by atoms with Gasteiger partial charge >= 0.3 is 21.8 Å². The second-order valence-corrected chi connectivity index (χ2v) is 6.88. The molecule has 3 N–H and O–H groups in total. The van der Waals surface area contributed by atoms with Gasteiger partial charge in [-0.1, -0.05) is 18.2 Å². The number of aromatic amines is 1. The minimum Gasteiger partial charge on any atom is -0.492 e. The highest BCUT2D eigenvalue weighted by Gasteiger charge is 2.31. The Kier molecular flexibility index (Phi) is 5.20. The molecule has 1 aromatic heterocycles. The van der Waals surface area contributed by atoms with Crippen molar-refractivity contribution in [3.63, 3.8) is 0 Å². The number of aromatic nitrogens is 4. The van der Waals surface area contributed by atoms with Crippen molar-refractivity contribution >= 4 is 27.4 Å². The summed E-state index contributed by atoms with van der Waals surface area (Å²) in [5.74, 6) is -1.12. The maximum absolute atomic E-state index is 12.3. The van der Waals surface area contributed by atoms with E-state index in [1.165, 1.54) is 7.11 Å². The molecule has 0 fully saturated rings. The van der Waals surface area contributed by atoms with Gasteiger partial charge in [0.2, 0.25) is 5.69 Å². The van der Waals surface area contributed by atoms with E-state index in [4.69, 9.17) is 4.74 Å². The number of amides is 1. The molecule has 0 saturated heterocycles. The lowest BCUT2D eigenvalue weighted by Crippen LogP contribution is -2.37. The summed E-state index contributed by atoms with van der Waals surface area (Å²) in [6.07, 6.45) is 0. The summed E-state index contributed by atoms with van der Waals surface area (Å²) in [5, 5.41) is 23.7. The minimum absolute atomic E-state index is 0.142. The number of carbonyl (C=O) groups excluding carboxylic acids is 1. The molecule has 0 atom stereocenters. The zero-order valence-electron chi connectivity index (χ0n) is 14.6. The van der Waals surface area contributed by atoms with E-state index < -0.39 is 31.5 Å². The summed E-state index contributed by atoms with van der Waals surface area (Å²) in [4.78, 5) is 22.3. The molecule has 0 radical (unpaired) electrons. The Morgan fingerprint density at radius 1 is 1.31 bits per heavy atom. The minimum atomic E-state index is -4.94. The molecule has 13 nitrogen and oxygen atoms in total. The van der Waals surface area contributed by atoms with E-state index in [2.05, 4.69) is 20.7 Å². The molecule has 0 bridgehead atoms. The molecular formula is C15H13N6O7S+. The molecule has 0 aliphatic carbocycles. The van der Waals surface area contributed by atoms with Gasteiger partial charge in [-0.05, 0) is 27.2 Å². The number of anilines is 1. The van der Waals surface area contributed by atoms with Crippen LogP contribution in [0.3, 0.4) is 0 Å². The zero-order chi connectivity index (χ0) is 21.2. The Bertz CT molecular complexity index is 1190. The van der Waals surface area contributed by atoms with Crippen LogP contribution in [0.2, 0.25) is 0 Å². The molecule has 29 heavy (non-hydrogen) atoms. The monoisotopic (exact) mass is 421 g/mol. The standard InChI is InChI=1S/C15H12N6O7S/c1-28-12-7-11(21(23)24)13(29(25,26)27)8-10(12)20-18-14(17-19-20)15(22)16-9-5-3-2-4-6-9/h2-8H,1H3,(H2,16,22,25,26,27)/p+1. The van der Waals surface area contributed by atoms with Crippen molar-refractivity contribution in [3.05, 3.63) is 58.4 Å². The number of hydrogen-bond donors (Lipinski definition) is 3. The first-order valence-corrected chi connectivity index (χ1v) is 9.20. The molecule has 150 valence electrons. The Balaban J connectivity index is 2.03. The highest BCUT2D eigenvalue weighted by molar-refractivity contribution is 7.86. The smallest absolute Gasteiger partial charge is 0.396 e. The first-order valence-electron chi connectivity index (χ1n) is 7.76. The number of hydrogen-bond acceptors (Lipinski definition) is 8. The van der Waals surface area contributed by atoms with Gasteiger partial charge < -0.3 is 10.1 Å². The first-order chi connectivity index (χ1) is 13.7. The first kappa shape index (κ1) is 19.8. The number of nitrogens with one attached hydrogen (secondary N) is 2. The van der Waals surface area contributed by atoms with Gasteiger partial charge in [0.15, 0.2) is 10.6 Å². The van der Waals surface area contributed by atoms with Gasteiger partial charge in [0.25, 0.3) is 5.69 Å². The summed E-state index contributed by atoms with van der Waals surface area (Å²) >= 11 is 0. The molecule has 3 aromatic rings. The lowest BCUT2D eigenvalue weighted by molar-refractivity contribution is -0.717. The fraction of sp³-hybridized carbons (Fsp3) is 0.0667. The van der Waals surface area contributed by atoms with Crippen molar-refractivity contribution in [1.29, 1.82) is 0 Å². The number of nitrogens with zero attached hydrogens (tertiary/aromatic N) is 4. The average molecular weight is 421 g/mol. The van der Waals surface area contributed by atoms with Crippen molar-refractivity contribution in [1.82, 2.24) is 15.4 Å². The number of methoxy groups -OCH3 is 1. The number of ether oxygens (including phenoxy) is 1. The maximum atomic E-state index is 12.3. The van der Waals surface area contributed by atoms with Gasteiger partial charge in [-0.15, -0.1) is 0 Å². The zero-order valence-corrected chi connectivity index (χ0v) is 15.5. The second kappa shape index (κ2) is 7.61. The molecule has 0 aliphatic heterocycles. The fourth-order valence-electron chi connectivity index (χ4n) is 2.36. The summed E-state index contributed by atoms with van der Waals surface area (Å²) in [6, 6.07) is 10.1. The third-order valence-electron chi connectivity index (χ3n) is 3.64. The Morgan fingerprint density at radius 3 is 2.59 bits per heavy atom. The van der Waals surface area contributed by atoms with E-state index in [-0.39, 0.29) is 17.3 Å². The molecule has 1 amide bonds. The van der Waals surface area contributed by atoms with E-state index in [9.17, 15) is 27.9 Å². The highest BCUT2D eigenvalue weighted by Crippen LogP contribution is 2.31. The number of H-pyrrole nitrogens is 1. The fourth-order valence-corrected chi connectivity index (χ4v) is 3.02. The number of tetrazole rings is 1. The van der Waals surface area contributed by atoms with Crippen LogP contribution < -0.4 is 14.9 Å². The Labute approximate surface area is 162 Å². The molecule has 0 spiro atoms. The normalized spacial score (nSPS) is 11.1. The molecule has 0 aliphatic rings. The molecular weight excluding hydrogens is 408 g/mol. The predicted molar refractivity (Wildman–Crippen MR) is 95.3 cm³/mol. The predicted octanol–water partition coefficient (Wildman–Crippen LogP) is 0.497. The topological polar surface area (TPSA) is 181 Å². The lowest BCUT2D eigenvalue weighted by atomic mass is 10.2. The van der Waals surface area contributed by atoms with E-state index in [0.717, 1.165) is 16.9 Å². The summed E-state index contributed by atoms with van der Waals surface area (Å²) in [7, 11) is -3.75. The Hall–Kier alpha value is -3.91. The van der Waals surface area contributed by atoms with Gasteiger partial charge in [-0.25, -0.2) is 0 Å². The van der Waals surface area contributed by atoms with Gasteiger partial charge in [0.05, 0.1) is 23.2 Å². The molecule has 2 aromatic carbocycles. The molecule has 0 saturated carbocycles. The van der Waals surface area contributed by atoms with Crippen LogP contribution in [0, 0.1) is 10.1 Å². The van der Waals surface area contributed by atoms with Gasteiger partial charge in [-0.2, -0.15) is 8.42 Å². The molecule has 0 unspecified atom stereocenters. The number of rotatable bonds is 6. The van der Waals surface area contributed by atoms with Crippen LogP contribution in [0.1, 0.15) is 10.6 Å². The van der Waals surface area contributed by atoms with E-state index in [1.54, 1.807) is 30.3 Å². The van der Waals surface area contributed by atoms with Crippen LogP contribution >= 0.6 is 0 Å². The number of para-hydroxylation sites is 1. The quantitative estimate of drug-likeness (QED) is 0.221. The van der Waals surface area contributed by atoms with Crippen LogP contribution in [0.5, 0.6) is 5.75 Å². The number of nitro benzene ring substituents is 1. The highest BCUT2D eigenvalue weighted by atomic mass is 32.2. The van der Waals surface area contributed by atoms with Crippen LogP contribution in [0.25, 0.3) is 5.69 Å². The van der Waals surface area contributed by atoms with E-state index in [1.807, 2.05) is 0 Å². The molecule has 14 heteroatoms. The van der Waals surface area contributed by atoms with Crippen molar-refractivity contribution in [2.75, 3.05) is 12.4 Å². The Morgan fingerprint density at radius 2 is 2.00 bits per heavy atom. The number of carbonyl (C=O) groups is 1. The summed E-state index contributed by atoms with van der Waals surface area (Å²) in [5.41, 5.74) is -0.539. The molecule has 1 heterocycles. The second-order valence-electron chi connectivity index (χ2n) is 5.49. The van der Waals surface area contributed by atoms with Crippen LogP contribution in [-0.2, 0) is 10.1 Å². The van der Waals surface area contributed by atoms with Crippen molar-refractivity contribution < 1.29 is 32.2 Å². The van der Waals surface area contributed by atoms with Crippen LogP contribution in [-0.4, -0.2) is 46.3 Å². The van der Waals surface area contributed by atoms with E-state index in [0.29, 0.717) is 5.69 Å². The maximum Gasteiger partial charge on any atom is 0.396 e. The number of nitro groups is 1. The van der Waals surface area contributed by atoms with Crippen LogP contribution in [0.15, 0.2) is 47.4 Å². The van der Waals surface area contributed by atoms with Gasteiger partial charge in [0.1, 0.15) is 0 Å². The third-order valence-corrected chi connectivity index (χ3v) is 4.53. The summed E-state index contributed by atoms with van der Waals surface area (Å²) < 4.78 is 37.4. The lowest BCUT2D eigenvalue weighted by Gasteiger charge is -2.06. The third kappa shape index (κ3) is 4.17. The number of benzene rings is 2. The van der Waals surface area contributed by atoms with Crippen molar-refractivity contribution in [3.8, 4) is 11.4 Å². The van der Waals surface area contributed by atoms with Crippen LogP contribution in [0.4, 0.5) is 11.4 Å². The molecule has 3 rings (SSSR count). The van der Waals surface area contributed by atoms with Crippen molar-refractivity contribution in [2.24, 2.45) is 0 Å². The average Bonchev–Trinajstić information content (AvgIpc) is 3.17.